The second-order valence-electron chi connectivity index (χ2n) is 18.7. The zero-order valence-corrected chi connectivity index (χ0v) is 50.4. The molecular formula is C51H95N17O22. The van der Waals surface area contributed by atoms with E-state index >= 15 is 0 Å². The third kappa shape index (κ3) is 58.2. The number of H-pyrrole nitrogens is 2. The Kier molecular flexibility index (Phi) is 58.1. The van der Waals surface area contributed by atoms with Gasteiger partial charge in [-0.05, 0) is 56.0 Å². The molecule has 90 heavy (non-hydrogen) atoms. The number of aliphatic hydroxyl groups excluding tert-OH is 2. The highest BCUT2D eigenvalue weighted by atomic mass is 16.4. The number of nitrogens with one attached hydrogen (secondary N) is 3. The molecule has 1 aromatic carbocycles. The van der Waals surface area contributed by atoms with Gasteiger partial charge in [-0.25, -0.2) is 9.97 Å². The van der Waals surface area contributed by atoms with Crippen LogP contribution in [0.1, 0.15) is 76.8 Å². The van der Waals surface area contributed by atoms with Crippen molar-refractivity contribution in [3.05, 3.63) is 72.3 Å². The summed E-state index contributed by atoms with van der Waals surface area (Å²) >= 11 is 0. The van der Waals surface area contributed by atoms with Crippen molar-refractivity contribution in [2.24, 2.45) is 79.9 Å². The quantitative estimate of drug-likeness (QED) is 0.0213. The van der Waals surface area contributed by atoms with Crippen LogP contribution in [0, 0.1) is 11.8 Å². The van der Waals surface area contributed by atoms with Crippen LogP contribution in [0.15, 0.2) is 60.4 Å². The number of aromatic amines is 2. The lowest BCUT2D eigenvalue weighted by Gasteiger charge is -2.11. The molecule has 0 aliphatic carbocycles. The number of aliphatic hydroxyl groups is 2. The van der Waals surface area contributed by atoms with E-state index in [0.29, 0.717) is 25.8 Å². The fourth-order valence-corrected chi connectivity index (χ4v) is 4.87. The number of nitrogens with zero attached hydrogens (tertiary/aromatic N) is 3. The average molecular weight is 1300 g/mol. The van der Waals surface area contributed by atoms with Crippen molar-refractivity contribution >= 4 is 65.7 Å². The monoisotopic (exact) mass is 1300 g/mol. The van der Waals surface area contributed by atoms with Gasteiger partial charge in [0.05, 0.1) is 32.4 Å². The smallest absolute Gasteiger partial charge is 0.322 e. The van der Waals surface area contributed by atoms with E-state index in [1.807, 2.05) is 44.2 Å². The summed E-state index contributed by atoms with van der Waals surface area (Å²) in [5.74, 6) is -9.74. The summed E-state index contributed by atoms with van der Waals surface area (Å²) < 4.78 is 0. The van der Waals surface area contributed by atoms with Gasteiger partial charge in [-0.1, -0.05) is 64.4 Å². The Balaban J connectivity index is -0.000000220. The summed E-state index contributed by atoms with van der Waals surface area (Å²) in [5, 5.41) is 101. The first kappa shape index (κ1) is 92.3. The van der Waals surface area contributed by atoms with Gasteiger partial charge in [0.2, 0.25) is 0 Å². The van der Waals surface area contributed by atoms with Gasteiger partial charge < -0.3 is 140 Å². The van der Waals surface area contributed by atoms with Gasteiger partial charge in [0.1, 0.15) is 54.4 Å². The number of guanidine groups is 1. The highest BCUT2D eigenvalue weighted by Gasteiger charge is 2.21. The van der Waals surface area contributed by atoms with Crippen molar-refractivity contribution in [3.63, 3.8) is 0 Å². The lowest BCUT2D eigenvalue weighted by molar-refractivity contribution is -0.140. The Bertz CT molecular complexity index is 2350. The number of imidazole rings is 2. The topological polar surface area (TPSA) is 781 Å². The zero-order valence-electron chi connectivity index (χ0n) is 50.4. The molecular weight excluding hydrogens is 1200 g/mol. The molecule has 516 valence electrons. The number of carboxylic acid groups (broad SMARTS) is 10. The number of rotatable bonds is 25. The molecule has 2 aromatic heterocycles. The largest absolute Gasteiger partial charge is 0.480 e. The van der Waals surface area contributed by atoms with Gasteiger partial charge in [-0.15, -0.1) is 0 Å². The van der Waals surface area contributed by atoms with Gasteiger partial charge >= 0.3 is 59.7 Å². The molecule has 39 heteroatoms. The van der Waals surface area contributed by atoms with Gasteiger partial charge in [0, 0.05) is 43.2 Å². The molecule has 10 atom stereocenters. The Morgan fingerprint density at radius 1 is 0.567 bits per heavy atom. The number of hydrogen-bond acceptors (Lipinski definition) is 25. The molecule has 0 radical (unpaired) electrons. The molecule has 0 saturated carbocycles. The molecule has 1 fully saturated rings. The Hall–Kier alpha value is -8.87. The van der Waals surface area contributed by atoms with Crippen molar-refractivity contribution in [1.29, 1.82) is 0 Å². The minimum atomic E-state index is -1.18. The average Bonchev–Trinajstić information content (AvgIpc) is 4.49. The van der Waals surface area contributed by atoms with E-state index < -0.39 is 121 Å². The Labute approximate surface area is 517 Å². The van der Waals surface area contributed by atoms with Crippen LogP contribution in [0.2, 0.25) is 0 Å². The van der Waals surface area contributed by atoms with Crippen molar-refractivity contribution in [2.45, 2.75) is 133 Å². The highest BCUT2D eigenvalue weighted by Crippen LogP contribution is 2.05. The van der Waals surface area contributed by atoms with Crippen molar-refractivity contribution in [3.8, 4) is 0 Å². The molecule has 0 spiro atoms. The standard InChI is InChI=1S/C9H11NO2.C6H14N4O2.2C6H9N3O2.C6H13NO2.C5H9NO2.C5H11NO2.2C3H7NO3.C2H5NO2/c10-8(9(11)12)6-7-4-2-1-3-5-7;7-4(5(11)12)2-1-3-10-6(8)9;2*7-5(6(10)11)1-4-2-8-3-9-4;1-3-4(2)5(7)6(8)9;7-5(8)4-2-1-3-6-4;1-3(2)4(6)5(7)8;2*4-2(1-5)3(6)7;3-1-2(4)5/h1-5,8H,6,10H2,(H,11,12);4H,1-3,7H2,(H,11,12)(H4,8,9,10);2*2-3,5H,1,7H2,(H,8,9)(H,10,11);4-5H,3,7H2,1-2H3,(H,8,9);4,6H,1-3H2,(H,7,8);3-4H,6H2,1-2H3,(H,7,8);2*2,5H,1,4H2,(H,6,7);1,3H2,(H,4,5)/t;;;;;4-;;;;/m.....0..../s1. The summed E-state index contributed by atoms with van der Waals surface area (Å²) in [5.41, 5.74) is 58.1. The molecule has 3 aromatic rings. The van der Waals surface area contributed by atoms with Crippen LogP contribution in [-0.2, 0) is 67.2 Å². The Morgan fingerprint density at radius 3 is 1.16 bits per heavy atom. The van der Waals surface area contributed by atoms with Gasteiger partial charge in [-0.2, -0.15) is 0 Å². The number of nitrogens with two attached hydrogens (primary N) is 11. The van der Waals surface area contributed by atoms with E-state index in [2.05, 4.69) is 36.0 Å². The van der Waals surface area contributed by atoms with Crippen LogP contribution in [0.3, 0.4) is 0 Å². The highest BCUT2D eigenvalue weighted by molar-refractivity contribution is 5.77. The van der Waals surface area contributed by atoms with Gasteiger partial charge in [0.15, 0.2) is 5.96 Å². The normalized spacial score (nSPS) is 14.3. The number of aliphatic carboxylic acids is 10. The van der Waals surface area contributed by atoms with Gasteiger partial charge in [-0.3, -0.25) is 52.9 Å². The van der Waals surface area contributed by atoms with Crippen LogP contribution in [0.5, 0.6) is 0 Å². The summed E-state index contributed by atoms with van der Waals surface area (Å²) in [6.07, 6.45) is 10.6. The first-order chi connectivity index (χ1) is 41.7. The molecule has 1 aliphatic heterocycles. The fraction of sp³-hybridized carbons (Fsp3) is 0.549. The molecule has 1 aliphatic rings. The lowest BCUT2D eigenvalue weighted by Crippen LogP contribution is -2.36. The summed E-state index contributed by atoms with van der Waals surface area (Å²) in [6, 6.07) is 2.09. The maximum absolute atomic E-state index is 10.4. The summed E-state index contributed by atoms with van der Waals surface area (Å²) in [6.45, 7) is 7.30. The van der Waals surface area contributed by atoms with E-state index in [0.717, 1.165) is 42.8 Å². The third-order valence-corrected chi connectivity index (χ3v) is 10.6. The first-order valence-electron chi connectivity index (χ1n) is 26.7. The minimum absolute atomic E-state index is 0.0129. The predicted octanol–water partition coefficient (Wildman–Crippen LogP) is -6.05. The maximum atomic E-state index is 10.4. The van der Waals surface area contributed by atoms with E-state index in [-0.39, 0.29) is 43.2 Å². The van der Waals surface area contributed by atoms with Crippen LogP contribution in [0.4, 0.5) is 0 Å². The van der Waals surface area contributed by atoms with Gasteiger partial charge in [0.25, 0.3) is 0 Å². The lowest BCUT2D eigenvalue weighted by atomic mass is 10.0. The van der Waals surface area contributed by atoms with Crippen LogP contribution in [0.25, 0.3) is 0 Å². The number of hydrogen-bond donors (Lipinski definition) is 26. The molecule has 4 rings (SSSR count). The molecule has 37 N–H and O–H groups in total. The van der Waals surface area contributed by atoms with E-state index in [9.17, 15) is 47.9 Å². The third-order valence-electron chi connectivity index (χ3n) is 10.6. The summed E-state index contributed by atoms with van der Waals surface area (Å²) in [7, 11) is 0. The Morgan fingerprint density at radius 2 is 0.944 bits per heavy atom. The number of aromatic nitrogens is 4. The molecule has 39 nitrogen and oxygen atoms in total. The number of aliphatic imine (C=N–C) groups is 1. The van der Waals surface area contributed by atoms with Crippen LogP contribution < -0.4 is 68.4 Å². The molecule has 0 amide bonds. The molecule has 0 bridgehead atoms. The fourth-order valence-electron chi connectivity index (χ4n) is 4.87. The minimum Gasteiger partial charge on any atom is -0.480 e. The number of benzene rings is 1. The van der Waals surface area contributed by atoms with E-state index in [4.69, 9.17) is 119 Å². The molecule has 3 heterocycles. The number of carbonyl (C=O) groups is 10. The van der Waals surface area contributed by atoms with Crippen LogP contribution >= 0.6 is 0 Å². The zero-order chi connectivity index (χ0) is 71.2. The van der Waals surface area contributed by atoms with Crippen molar-refractivity contribution in [2.75, 3.05) is 32.8 Å². The summed E-state index contributed by atoms with van der Waals surface area (Å²) in [4.78, 5) is 117. The van der Waals surface area contributed by atoms with Crippen molar-refractivity contribution < 1.29 is 109 Å². The number of carboxylic acids is 10. The molecule has 1 saturated heterocycles. The SMILES string of the molecule is CC(C)C(N)C(=O)O.CCC(C)C(N)C(=O)O.NC(CO)C(=O)O.NC(CO)C(=O)O.NC(Cc1ccccc1)C(=O)O.NC(Cc1cnc[nH]1)C(=O)O.NC(Cc1cnc[nH]1)C(=O)O.NC(N)=NCCCC(N)C(=O)O.NCC(=O)O.O=C(O)[C@@H]1CCCN1. The predicted molar refractivity (Wildman–Crippen MR) is 323 cm³/mol. The van der Waals surface area contributed by atoms with E-state index in [1.54, 1.807) is 26.2 Å². The van der Waals surface area contributed by atoms with Crippen LogP contribution in [-0.4, -0.2) is 234 Å². The first-order valence-corrected chi connectivity index (χ1v) is 26.7. The van der Waals surface area contributed by atoms with Crippen molar-refractivity contribution in [1.82, 2.24) is 25.3 Å². The second kappa shape index (κ2) is 56.6. The molecule has 9 unspecified atom stereocenters. The maximum Gasteiger partial charge on any atom is 0.322 e. The second-order valence-corrected chi connectivity index (χ2v) is 18.7. The van der Waals surface area contributed by atoms with E-state index in [1.165, 1.54) is 12.7 Å².